The summed E-state index contributed by atoms with van der Waals surface area (Å²) >= 11 is 9.55. The fraction of sp³-hybridized carbons (Fsp3) is 0.214. The Bertz CT molecular complexity index is 1360. The van der Waals surface area contributed by atoms with Crippen molar-refractivity contribution in [2.75, 3.05) is 4.90 Å². The van der Waals surface area contributed by atoms with Crippen LogP contribution in [0.15, 0.2) is 77.4 Å². The van der Waals surface area contributed by atoms with E-state index < -0.39 is 0 Å². The van der Waals surface area contributed by atoms with Crippen LogP contribution in [0.3, 0.4) is 0 Å². The third-order valence-electron chi connectivity index (χ3n) is 6.60. The lowest BCUT2D eigenvalue weighted by atomic mass is 9.96. The molecular formula is C28H27BrN4S. The average molecular weight is 532 g/mol. The summed E-state index contributed by atoms with van der Waals surface area (Å²) in [4.78, 5) is 6.94. The Labute approximate surface area is 214 Å². The van der Waals surface area contributed by atoms with Crippen molar-refractivity contribution < 1.29 is 0 Å². The first kappa shape index (κ1) is 22.8. The zero-order chi connectivity index (χ0) is 24.0. The topological polar surface area (TPSA) is 33.1 Å². The van der Waals surface area contributed by atoms with Crippen molar-refractivity contribution in [3.63, 3.8) is 0 Å². The number of pyridine rings is 1. The molecule has 1 aliphatic rings. The highest BCUT2D eigenvalue weighted by Crippen LogP contribution is 2.44. The summed E-state index contributed by atoms with van der Waals surface area (Å²) in [5, 5.41) is 4.29. The Balaban J connectivity index is 1.68. The van der Waals surface area contributed by atoms with Crippen LogP contribution < -0.4 is 10.2 Å². The molecule has 2 aromatic heterocycles. The second-order valence-corrected chi connectivity index (χ2v) is 10.2. The fourth-order valence-corrected chi connectivity index (χ4v) is 5.50. The largest absolute Gasteiger partial charge is 0.351 e. The Hall–Kier alpha value is -2.96. The highest BCUT2D eigenvalue weighted by Gasteiger charge is 2.42. The Morgan fingerprint density at radius 3 is 2.32 bits per heavy atom. The molecule has 1 aliphatic heterocycles. The minimum absolute atomic E-state index is 0.0339. The monoisotopic (exact) mass is 530 g/mol. The number of anilines is 1. The van der Waals surface area contributed by atoms with Crippen LogP contribution in [0.1, 0.15) is 45.9 Å². The van der Waals surface area contributed by atoms with Gasteiger partial charge in [-0.1, -0.05) is 39.7 Å². The molecule has 2 aromatic carbocycles. The van der Waals surface area contributed by atoms with Crippen molar-refractivity contribution in [3.05, 3.63) is 111 Å². The number of aryl methyl sites for hydroxylation is 3. The maximum Gasteiger partial charge on any atom is 0.174 e. The summed E-state index contributed by atoms with van der Waals surface area (Å²) in [6.45, 7) is 8.59. The second-order valence-electron chi connectivity index (χ2n) is 8.93. The average Bonchev–Trinajstić information content (AvgIpc) is 3.32. The Morgan fingerprint density at radius 1 is 0.912 bits per heavy atom. The van der Waals surface area contributed by atoms with Crippen LogP contribution in [0, 0.1) is 27.7 Å². The molecule has 34 heavy (non-hydrogen) atoms. The number of nitrogens with one attached hydrogen (secondary N) is 1. The van der Waals surface area contributed by atoms with Gasteiger partial charge in [0.1, 0.15) is 0 Å². The van der Waals surface area contributed by atoms with Gasteiger partial charge in [0.05, 0.1) is 17.8 Å². The second kappa shape index (κ2) is 9.01. The molecule has 1 N–H and O–H groups in total. The van der Waals surface area contributed by atoms with Crippen LogP contribution in [-0.4, -0.2) is 14.7 Å². The zero-order valence-electron chi connectivity index (χ0n) is 19.7. The third kappa shape index (κ3) is 3.95. The number of hydrogen-bond donors (Lipinski definition) is 1. The van der Waals surface area contributed by atoms with Crippen molar-refractivity contribution in [2.24, 2.45) is 0 Å². The van der Waals surface area contributed by atoms with Gasteiger partial charge in [0.25, 0.3) is 0 Å². The van der Waals surface area contributed by atoms with Gasteiger partial charge >= 0.3 is 0 Å². The highest BCUT2D eigenvalue weighted by atomic mass is 79.9. The first-order valence-corrected chi connectivity index (χ1v) is 12.6. The third-order valence-corrected chi connectivity index (χ3v) is 7.80. The number of benzene rings is 2. The molecule has 1 saturated heterocycles. The van der Waals surface area contributed by atoms with Crippen molar-refractivity contribution in [3.8, 4) is 5.69 Å². The van der Waals surface area contributed by atoms with Crippen LogP contribution in [0.5, 0.6) is 0 Å². The van der Waals surface area contributed by atoms with E-state index in [1.165, 1.54) is 33.8 Å². The minimum Gasteiger partial charge on any atom is -0.351 e. The summed E-state index contributed by atoms with van der Waals surface area (Å²) in [6, 6.07) is 23.3. The predicted octanol–water partition coefficient (Wildman–Crippen LogP) is 7.05. The number of aromatic nitrogens is 2. The van der Waals surface area contributed by atoms with E-state index in [2.05, 4.69) is 113 Å². The van der Waals surface area contributed by atoms with Gasteiger partial charge in [0.15, 0.2) is 5.11 Å². The van der Waals surface area contributed by atoms with Gasteiger partial charge in [0.2, 0.25) is 0 Å². The van der Waals surface area contributed by atoms with Gasteiger partial charge in [0, 0.05) is 33.4 Å². The summed E-state index contributed by atoms with van der Waals surface area (Å²) in [5.74, 6) is 0. The lowest BCUT2D eigenvalue weighted by molar-refractivity contribution is 0.565. The van der Waals surface area contributed by atoms with Crippen LogP contribution in [0.25, 0.3) is 5.69 Å². The Morgan fingerprint density at radius 2 is 1.65 bits per heavy atom. The summed E-state index contributed by atoms with van der Waals surface area (Å²) in [6.07, 6.45) is 1.85. The predicted molar refractivity (Wildman–Crippen MR) is 147 cm³/mol. The van der Waals surface area contributed by atoms with Gasteiger partial charge in [-0.2, -0.15) is 0 Å². The molecule has 0 aliphatic carbocycles. The van der Waals surface area contributed by atoms with Crippen LogP contribution in [0.2, 0.25) is 0 Å². The normalized spacial score (nSPS) is 17.8. The van der Waals surface area contributed by atoms with E-state index in [1.54, 1.807) is 0 Å². The molecule has 2 atom stereocenters. The molecule has 0 amide bonds. The lowest BCUT2D eigenvalue weighted by Gasteiger charge is -2.28. The number of halogens is 1. The SMILES string of the molecule is Cc1ccc(-n2c(C)cc([C@@H]3[C@H](c4ccccn4)NC(=S)N3c3ccc(Br)c(C)c3)c2C)cc1. The van der Waals surface area contributed by atoms with E-state index in [0.29, 0.717) is 5.11 Å². The van der Waals surface area contributed by atoms with E-state index in [-0.39, 0.29) is 12.1 Å². The molecule has 1 fully saturated rings. The van der Waals surface area contributed by atoms with E-state index >= 15 is 0 Å². The molecule has 0 bridgehead atoms. The minimum atomic E-state index is -0.0652. The van der Waals surface area contributed by atoms with Gasteiger partial charge in [-0.15, -0.1) is 0 Å². The zero-order valence-corrected chi connectivity index (χ0v) is 22.1. The maximum absolute atomic E-state index is 5.91. The van der Waals surface area contributed by atoms with Crippen molar-refractivity contribution in [2.45, 2.75) is 39.8 Å². The maximum atomic E-state index is 5.91. The molecule has 0 radical (unpaired) electrons. The van der Waals surface area contributed by atoms with Gasteiger partial charge < -0.3 is 14.8 Å². The van der Waals surface area contributed by atoms with Gasteiger partial charge in [-0.05, 0) is 99.6 Å². The van der Waals surface area contributed by atoms with Crippen molar-refractivity contribution in [1.82, 2.24) is 14.9 Å². The molecule has 0 saturated carbocycles. The first-order chi connectivity index (χ1) is 16.3. The van der Waals surface area contributed by atoms with Crippen LogP contribution >= 0.6 is 28.1 Å². The van der Waals surface area contributed by atoms with E-state index in [1.807, 2.05) is 18.3 Å². The standard InChI is InChI=1S/C28H27BrN4S/c1-17-8-10-21(11-9-17)32-19(3)16-23(20(32)4)27-26(25-7-5-6-14-30-25)31-28(34)33(27)22-12-13-24(29)18(2)15-22/h5-16,26-27H,1-4H3,(H,31,34)/t26-,27+/m0/s1. The first-order valence-electron chi connectivity index (χ1n) is 11.4. The fourth-order valence-electron chi connectivity index (χ4n) is 4.91. The van der Waals surface area contributed by atoms with E-state index in [9.17, 15) is 0 Å². The molecule has 0 unspecified atom stereocenters. The summed E-state index contributed by atoms with van der Waals surface area (Å²) < 4.78 is 3.42. The number of thiocarbonyl (C=S) groups is 1. The van der Waals surface area contributed by atoms with Gasteiger partial charge in [-0.3, -0.25) is 4.98 Å². The number of rotatable bonds is 4. The lowest BCUT2D eigenvalue weighted by Crippen LogP contribution is -2.29. The molecule has 172 valence electrons. The molecule has 4 nitrogen and oxygen atoms in total. The van der Waals surface area contributed by atoms with E-state index in [0.717, 1.165) is 15.9 Å². The number of hydrogen-bond acceptors (Lipinski definition) is 2. The molecule has 6 heteroatoms. The van der Waals surface area contributed by atoms with E-state index in [4.69, 9.17) is 17.2 Å². The smallest absolute Gasteiger partial charge is 0.174 e. The summed E-state index contributed by atoms with van der Waals surface area (Å²) in [5.41, 5.74) is 9.28. The molecular weight excluding hydrogens is 504 g/mol. The quantitative estimate of drug-likeness (QED) is 0.286. The summed E-state index contributed by atoms with van der Waals surface area (Å²) in [7, 11) is 0. The molecule has 4 aromatic rings. The van der Waals surface area contributed by atoms with Crippen LogP contribution in [0.4, 0.5) is 5.69 Å². The van der Waals surface area contributed by atoms with Gasteiger partial charge in [-0.25, -0.2) is 0 Å². The molecule has 0 spiro atoms. The van der Waals surface area contributed by atoms with Crippen molar-refractivity contribution >= 4 is 38.9 Å². The highest BCUT2D eigenvalue weighted by molar-refractivity contribution is 9.10. The molecule has 5 rings (SSSR count). The van der Waals surface area contributed by atoms with Crippen LogP contribution in [-0.2, 0) is 0 Å². The number of nitrogens with zero attached hydrogens (tertiary/aromatic N) is 3. The van der Waals surface area contributed by atoms with Crippen molar-refractivity contribution in [1.29, 1.82) is 0 Å². The molecule has 3 heterocycles. The Kier molecular flexibility index (Phi) is 6.04.